The summed E-state index contributed by atoms with van der Waals surface area (Å²) in [6.45, 7) is 1.17. The topological polar surface area (TPSA) is 55.6 Å². The molecule has 0 saturated carbocycles. The van der Waals surface area contributed by atoms with E-state index < -0.39 is 4.92 Å². The molecule has 5 heteroatoms. The van der Waals surface area contributed by atoms with E-state index >= 15 is 0 Å². The van der Waals surface area contributed by atoms with Gasteiger partial charge < -0.3 is 9.64 Å². The third kappa shape index (κ3) is 3.57. The lowest BCUT2D eigenvalue weighted by atomic mass is 10.0. The second-order valence-electron chi connectivity index (χ2n) is 5.21. The lowest BCUT2D eigenvalue weighted by molar-refractivity contribution is -0.385. The molecule has 0 atom stereocenters. The summed E-state index contributed by atoms with van der Waals surface area (Å²) in [5.74, 6) is 0.363. The number of rotatable bonds is 6. The summed E-state index contributed by atoms with van der Waals surface area (Å²) in [4.78, 5) is 12.6. The fraction of sp³-hybridized carbons (Fsp3) is 0.467. The number of hydrogen-bond acceptors (Lipinski definition) is 4. The summed E-state index contributed by atoms with van der Waals surface area (Å²) < 4.78 is 5.60. The Hall–Kier alpha value is -1.88. The normalized spacial score (nSPS) is 14.4. The molecule has 20 heavy (non-hydrogen) atoms. The van der Waals surface area contributed by atoms with Gasteiger partial charge in [-0.2, -0.15) is 0 Å². The summed E-state index contributed by atoms with van der Waals surface area (Å²) in [6, 6.07) is 5.15. The minimum Gasteiger partial charge on any atom is -0.485 e. The molecule has 0 heterocycles. The van der Waals surface area contributed by atoms with Crippen LogP contribution in [0.4, 0.5) is 5.69 Å². The van der Waals surface area contributed by atoms with Gasteiger partial charge in [-0.15, -0.1) is 0 Å². The molecule has 2 rings (SSSR count). The van der Waals surface area contributed by atoms with Crippen LogP contribution in [-0.4, -0.2) is 37.1 Å². The van der Waals surface area contributed by atoms with Gasteiger partial charge >= 0.3 is 5.69 Å². The summed E-state index contributed by atoms with van der Waals surface area (Å²) in [7, 11) is 3.88. The molecule has 0 bridgehead atoms. The van der Waals surface area contributed by atoms with Gasteiger partial charge in [0, 0.05) is 12.6 Å². The second-order valence-corrected chi connectivity index (χ2v) is 5.21. The maximum absolute atomic E-state index is 11.1. The highest BCUT2D eigenvalue weighted by Gasteiger charge is 2.17. The molecule has 0 aromatic heterocycles. The summed E-state index contributed by atoms with van der Waals surface area (Å²) >= 11 is 0. The van der Waals surface area contributed by atoms with E-state index in [1.54, 1.807) is 12.1 Å². The zero-order valence-corrected chi connectivity index (χ0v) is 12.0. The van der Waals surface area contributed by atoms with Crippen LogP contribution in [0.15, 0.2) is 24.3 Å². The van der Waals surface area contributed by atoms with Gasteiger partial charge in [-0.1, -0.05) is 6.08 Å². The second kappa shape index (κ2) is 6.52. The Morgan fingerprint density at radius 2 is 2.20 bits per heavy atom. The Labute approximate surface area is 119 Å². The molecule has 0 aliphatic heterocycles. The molecule has 5 nitrogen and oxygen atoms in total. The number of hydrogen-bond donors (Lipinski definition) is 0. The Kier molecular flexibility index (Phi) is 4.74. The molecule has 1 aromatic rings. The number of ether oxygens (including phenoxy) is 1. The number of nitro groups is 1. The van der Waals surface area contributed by atoms with E-state index in [4.69, 9.17) is 4.74 Å². The fourth-order valence-corrected chi connectivity index (χ4v) is 2.25. The standard InChI is InChI=1S/C15H20N2O3/c1-16(2)9-10-20-15-11-13(12-5-3-4-6-12)7-8-14(15)17(18)19/h5,7-8,11H,3-4,6,9-10H2,1-2H3. The minimum atomic E-state index is -0.391. The van der Waals surface area contributed by atoms with E-state index in [1.807, 2.05) is 25.1 Å². The van der Waals surface area contributed by atoms with Crippen molar-refractivity contribution < 1.29 is 9.66 Å². The molecule has 0 unspecified atom stereocenters. The Balaban J connectivity index is 2.20. The van der Waals surface area contributed by atoms with Crippen LogP contribution < -0.4 is 4.74 Å². The maximum Gasteiger partial charge on any atom is 0.310 e. The first kappa shape index (κ1) is 14.5. The minimum absolute atomic E-state index is 0.0334. The van der Waals surface area contributed by atoms with Gasteiger partial charge in [0.1, 0.15) is 6.61 Å². The summed E-state index contributed by atoms with van der Waals surface area (Å²) in [6.07, 6.45) is 5.48. The van der Waals surface area contributed by atoms with Crippen LogP contribution in [-0.2, 0) is 0 Å². The Morgan fingerprint density at radius 3 is 2.80 bits per heavy atom. The largest absolute Gasteiger partial charge is 0.485 e. The maximum atomic E-state index is 11.1. The summed E-state index contributed by atoms with van der Waals surface area (Å²) in [5.41, 5.74) is 2.33. The van der Waals surface area contributed by atoms with Crippen molar-refractivity contribution in [3.05, 3.63) is 40.0 Å². The monoisotopic (exact) mass is 276 g/mol. The molecule has 0 saturated heterocycles. The van der Waals surface area contributed by atoms with E-state index in [-0.39, 0.29) is 5.69 Å². The van der Waals surface area contributed by atoms with E-state index in [2.05, 4.69) is 6.08 Å². The van der Waals surface area contributed by atoms with Crippen LogP contribution in [0.25, 0.3) is 5.57 Å². The van der Waals surface area contributed by atoms with Crippen molar-refractivity contribution in [2.24, 2.45) is 0 Å². The van der Waals surface area contributed by atoms with Crippen molar-refractivity contribution in [1.29, 1.82) is 0 Å². The van der Waals surface area contributed by atoms with Crippen molar-refractivity contribution >= 4 is 11.3 Å². The van der Waals surface area contributed by atoms with Crippen LogP contribution in [0.3, 0.4) is 0 Å². The average Bonchev–Trinajstić information content (AvgIpc) is 2.91. The highest BCUT2D eigenvalue weighted by Crippen LogP contribution is 2.34. The number of nitro benzene ring substituents is 1. The highest BCUT2D eigenvalue weighted by atomic mass is 16.6. The van der Waals surface area contributed by atoms with E-state index in [9.17, 15) is 10.1 Å². The molecule has 108 valence electrons. The first-order chi connectivity index (χ1) is 9.58. The van der Waals surface area contributed by atoms with Crippen molar-refractivity contribution in [2.75, 3.05) is 27.2 Å². The molecular weight excluding hydrogens is 256 g/mol. The van der Waals surface area contributed by atoms with Crippen LogP contribution in [0.1, 0.15) is 24.8 Å². The van der Waals surface area contributed by atoms with Crippen LogP contribution in [0, 0.1) is 10.1 Å². The van der Waals surface area contributed by atoms with Gasteiger partial charge in [0.2, 0.25) is 0 Å². The number of nitrogens with zero attached hydrogens (tertiary/aromatic N) is 2. The third-order valence-electron chi connectivity index (χ3n) is 3.36. The zero-order chi connectivity index (χ0) is 14.5. The SMILES string of the molecule is CN(C)CCOc1cc(C2=CCCC2)ccc1[N+](=O)[O-]. The molecule has 0 radical (unpaired) electrons. The van der Waals surface area contributed by atoms with Gasteiger partial charge in [0.15, 0.2) is 5.75 Å². The summed E-state index contributed by atoms with van der Waals surface area (Å²) in [5, 5.41) is 11.1. The lowest BCUT2D eigenvalue weighted by Gasteiger charge is -2.12. The average molecular weight is 276 g/mol. The molecule has 0 spiro atoms. The van der Waals surface area contributed by atoms with Gasteiger partial charge in [0.05, 0.1) is 4.92 Å². The van der Waals surface area contributed by atoms with Crippen LogP contribution in [0.5, 0.6) is 5.75 Å². The first-order valence-electron chi connectivity index (χ1n) is 6.83. The lowest BCUT2D eigenvalue weighted by Crippen LogP contribution is -2.19. The van der Waals surface area contributed by atoms with E-state index in [0.29, 0.717) is 12.4 Å². The number of benzene rings is 1. The number of allylic oxidation sites excluding steroid dienone is 2. The highest BCUT2D eigenvalue weighted by molar-refractivity contribution is 5.70. The van der Waals surface area contributed by atoms with Crippen molar-refractivity contribution in [3.63, 3.8) is 0 Å². The Bertz CT molecular complexity index is 524. The van der Waals surface area contributed by atoms with E-state index in [0.717, 1.165) is 31.4 Å². The van der Waals surface area contributed by atoms with Crippen molar-refractivity contribution in [2.45, 2.75) is 19.3 Å². The van der Waals surface area contributed by atoms with Crippen molar-refractivity contribution in [3.8, 4) is 5.75 Å². The van der Waals surface area contributed by atoms with Gasteiger partial charge in [-0.25, -0.2) is 0 Å². The van der Waals surface area contributed by atoms with E-state index in [1.165, 1.54) is 5.57 Å². The van der Waals surface area contributed by atoms with Gasteiger partial charge in [0.25, 0.3) is 0 Å². The predicted molar refractivity (Wildman–Crippen MR) is 79.0 cm³/mol. The molecule has 1 aliphatic carbocycles. The quantitative estimate of drug-likeness (QED) is 0.592. The molecule has 1 aliphatic rings. The smallest absolute Gasteiger partial charge is 0.310 e. The van der Waals surface area contributed by atoms with Crippen LogP contribution in [0.2, 0.25) is 0 Å². The molecule has 0 fully saturated rings. The van der Waals surface area contributed by atoms with Gasteiger partial charge in [-0.3, -0.25) is 10.1 Å². The first-order valence-corrected chi connectivity index (χ1v) is 6.83. The predicted octanol–water partition coefficient (Wildman–Crippen LogP) is 3.10. The number of likely N-dealkylation sites (N-methyl/N-ethyl adjacent to an activating group) is 1. The van der Waals surface area contributed by atoms with Crippen LogP contribution >= 0.6 is 0 Å². The molecular formula is C15H20N2O3. The molecule has 0 N–H and O–H groups in total. The Morgan fingerprint density at radius 1 is 1.40 bits per heavy atom. The van der Waals surface area contributed by atoms with Gasteiger partial charge in [-0.05, 0) is 56.6 Å². The van der Waals surface area contributed by atoms with Crippen molar-refractivity contribution in [1.82, 2.24) is 4.90 Å². The zero-order valence-electron chi connectivity index (χ0n) is 12.0. The molecule has 0 amide bonds. The third-order valence-corrected chi connectivity index (χ3v) is 3.36. The molecule has 1 aromatic carbocycles. The fourth-order valence-electron chi connectivity index (χ4n) is 2.25.